The summed E-state index contributed by atoms with van der Waals surface area (Å²) in [5, 5.41) is 13.1. The normalized spacial score (nSPS) is 19.9. The Morgan fingerprint density at radius 1 is 1.53 bits per heavy atom. The first-order valence-corrected chi connectivity index (χ1v) is 6.41. The molecule has 1 heterocycles. The SMILES string of the molecule is CNCc1cc(Cl)ccc1N1CCC(CO)C1. The van der Waals surface area contributed by atoms with Gasteiger partial charge in [0.1, 0.15) is 0 Å². The van der Waals surface area contributed by atoms with Gasteiger partial charge in [-0.05, 0) is 37.2 Å². The van der Waals surface area contributed by atoms with Crippen molar-refractivity contribution in [1.29, 1.82) is 0 Å². The smallest absolute Gasteiger partial charge is 0.0476 e. The Morgan fingerprint density at radius 3 is 3.00 bits per heavy atom. The summed E-state index contributed by atoms with van der Waals surface area (Å²) in [6.45, 7) is 3.06. The van der Waals surface area contributed by atoms with E-state index in [0.717, 1.165) is 31.1 Å². The van der Waals surface area contributed by atoms with E-state index in [9.17, 15) is 5.11 Å². The highest BCUT2D eigenvalue weighted by atomic mass is 35.5. The fourth-order valence-corrected chi connectivity index (χ4v) is 2.59. The fraction of sp³-hybridized carbons (Fsp3) is 0.538. The van der Waals surface area contributed by atoms with Crippen LogP contribution in [-0.4, -0.2) is 31.9 Å². The van der Waals surface area contributed by atoms with Crippen LogP contribution in [0, 0.1) is 5.92 Å². The average Bonchev–Trinajstić information content (AvgIpc) is 2.78. The molecular weight excluding hydrogens is 236 g/mol. The highest BCUT2D eigenvalue weighted by Crippen LogP contribution is 2.29. The van der Waals surface area contributed by atoms with E-state index < -0.39 is 0 Å². The summed E-state index contributed by atoms with van der Waals surface area (Å²) in [5.41, 5.74) is 2.46. The number of nitrogens with zero attached hydrogens (tertiary/aromatic N) is 1. The Bertz CT molecular complexity index is 384. The molecule has 1 unspecified atom stereocenters. The summed E-state index contributed by atoms with van der Waals surface area (Å²) in [4.78, 5) is 2.34. The van der Waals surface area contributed by atoms with Crippen LogP contribution in [0.3, 0.4) is 0 Å². The molecule has 0 saturated carbocycles. The zero-order chi connectivity index (χ0) is 12.3. The maximum Gasteiger partial charge on any atom is 0.0476 e. The molecule has 1 aromatic carbocycles. The predicted octanol–water partition coefficient (Wildman–Crippen LogP) is 1.88. The molecule has 94 valence electrons. The maximum absolute atomic E-state index is 9.19. The van der Waals surface area contributed by atoms with Crippen molar-refractivity contribution in [2.24, 2.45) is 5.92 Å². The summed E-state index contributed by atoms with van der Waals surface area (Å²) in [6, 6.07) is 6.02. The molecule has 1 aromatic rings. The molecule has 2 rings (SSSR count). The zero-order valence-corrected chi connectivity index (χ0v) is 10.9. The van der Waals surface area contributed by atoms with Crippen LogP contribution in [0.15, 0.2) is 18.2 Å². The fourth-order valence-electron chi connectivity index (χ4n) is 2.40. The van der Waals surface area contributed by atoms with Gasteiger partial charge < -0.3 is 15.3 Å². The molecule has 0 spiro atoms. The molecule has 0 amide bonds. The number of halogens is 1. The van der Waals surface area contributed by atoms with E-state index in [-0.39, 0.29) is 6.61 Å². The summed E-state index contributed by atoms with van der Waals surface area (Å²) < 4.78 is 0. The molecule has 1 saturated heterocycles. The van der Waals surface area contributed by atoms with Crippen molar-refractivity contribution in [2.45, 2.75) is 13.0 Å². The number of rotatable bonds is 4. The third-order valence-electron chi connectivity index (χ3n) is 3.29. The Morgan fingerprint density at radius 2 is 2.35 bits per heavy atom. The number of anilines is 1. The van der Waals surface area contributed by atoms with Crippen LogP contribution in [0.2, 0.25) is 5.02 Å². The highest BCUT2D eigenvalue weighted by Gasteiger charge is 2.23. The summed E-state index contributed by atoms with van der Waals surface area (Å²) in [6.07, 6.45) is 1.07. The molecule has 2 N–H and O–H groups in total. The van der Waals surface area contributed by atoms with Gasteiger partial charge in [-0.15, -0.1) is 0 Å². The summed E-state index contributed by atoms with van der Waals surface area (Å²) in [5.74, 6) is 0.410. The lowest BCUT2D eigenvalue weighted by Crippen LogP contribution is -2.23. The molecule has 1 aliphatic rings. The largest absolute Gasteiger partial charge is 0.396 e. The van der Waals surface area contributed by atoms with Gasteiger partial charge in [0.15, 0.2) is 0 Å². The number of aliphatic hydroxyl groups is 1. The van der Waals surface area contributed by atoms with E-state index in [4.69, 9.17) is 11.6 Å². The topological polar surface area (TPSA) is 35.5 Å². The van der Waals surface area contributed by atoms with Crippen LogP contribution in [0.1, 0.15) is 12.0 Å². The molecule has 4 heteroatoms. The van der Waals surface area contributed by atoms with Gasteiger partial charge in [-0.3, -0.25) is 0 Å². The molecule has 17 heavy (non-hydrogen) atoms. The molecule has 1 atom stereocenters. The quantitative estimate of drug-likeness (QED) is 0.861. The third-order valence-corrected chi connectivity index (χ3v) is 3.53. The van der Waals surface area contributed by atoms with Gasteiger partial charge >= 0.3 is 0 Å². The molecule has 1 fully saturated rings. The van der Waals surface area contributed by atoms with Gasteiger partial charge in [0, 0.05) is 42.9 Å². The molecular formula is C13H19ClN2O. The van der Waals surface area contributed by atoms with Crippen molar-refractivity contribution in [2.75, 3.05) is 31.6 Å². The minimum absolute atomic E-state index is 0.283. The number of hydrogen-bond acceptors (Lipinski definition) is 3. The Hall–Kier alpha value is -0.770. The lowest BCUT2D eigenvalue weighted by atomic mass is 10.1. The van der Waals surface area contributed by atoms with Gasteiger partial charge in [-0.2, -0.15) is 0 Å². The average molecular weight is 255 g/mol. The van der Waals surface area contributed by atoms with Gasteiger partial charge in [-0.25, -0.2) is 0 Å². The van der Waals surface area contributed by atoms with E-state index in [1.165, 1.54) is 11.3 Å². The van der Waals surface area contributed by atoms with E-state index in [2.05, 4.69) is 16.3 Å². The van der Waals surface area contributed by atoms with E-state index >= 15 is 0 Å². The monoisotopic (exact) mass is 254 g/mol. The lowest BCUT2D eigenvalue weighted by Gasteiger charge is -2.22. The predicted molar refractivity (Wildman–Crippen MR) is 71.6 cm³/mol. The van der Waals surface area contributed by atoms with Gasteiger partial charge in [-0.1, -0.05) is 11.6 Å². The van der Waals surface area contributed by atoms with Crippen LogP contribution in [0.4, 0.5) is 5.69 Å². The number of aliphatic hydroxyl groups excluding tert-OH is 1. The highest BCUT2D eigenvalue weighted by molar-refractivity contribution is 6.30. The van der Waals surface area contributed by atoms with E-state index in [0.29, 0.717) is 5.92 Å². The Kier molecular flexibility index (Phi) is 4.26. The summed E-state index contributed by atoms with van der Waals surface area (Å²) in [7, 11) is 1.94. The van der Waals surface area contributed by atoms with Crippen LogP contribution in [0.25, 0.3) is 0 Å². The second-order valence-corrected chi connectivity index (χ2v) is 5.02. The first-order chi connectivity index (χ1) is 8.24. The number of benzene rings is 1. The third kappa shape index (κ3) is 2.92. The Balaban J connectivity index is 2.19. The van der Waals surface area contributed by atoms with Crippen LogP contribution in [-0.2, 0) is 6.54 Å². The minimum Gasteiger partial charge on any atom is -0.396 e. The second kappa shape index (κ2) is 5.71. The number of hydrogen-bond donors (Lipinski definition) is 2. The zero-order valence-electron chi connectivity index (χ0n) is 10.1. The number of nitrogens with one attached hydrogen (secondary N) is 1. The van der Waals surface area contributed by atoms with E-state index in [1.54, 1.807) is 0 Å². The van der Waals surface area contributed by atoms with Gasteiger partial charge in [0.2, 0.25) is 0 Å². The van der Waals surface area contributed by atoms with Crippen molar-refractivity contribution >= 4 is 17.3 Å². The van der Waals surface area contributed by atoms with Crippen LogP contribution < -0.4 is 10.2 Å². The van der Waals surface area contributed by atoms with Crippen molar-refractivity contribution in [3.8, 4) is 0 Å². The second-order valence-electron chi connectivity index (χ2n) is 4.59. The Labute approximate surface area is 107 Å². The maximum atomic E-state index is 9.19. The van der Waals surface area contributed by atoms with Gasteiger partial charge in [0.25, 0.3) is 0 Å². The lowest BCUT2D eigenvalue weighted by molar-refractivity contribution is 0.238. The van der Waals surface area contributed by atoms with Crippen molar-refractivity contribution < 1.29 is 5.11 Å². The summed E-state index contributed by atoms with van der Waals surface area (Å²) >= 11 is 6.03. The molecule has 0 aliphatic carbocycles. The van der Waals surface area contributed by atoms with Crippen LogP contribution >= 0.6 is 11.6 Å². The van der Waals surface area contributed by atoms with E-state index in [1.807, 2.05) is 19.2 Å². The first kappa shape index (κ1) is 12.7. The molecule has 0 aromatic heterocycles. The molecule has 1 aliphatic heterocycles. The standard InChI is InChI=1S/C13H19ClN2O/c1-15-7-11-6-12(14)2-3-13(11)16-5-4-10(8-16)9-17/h2-3,6,10,15,17H,4-5,7-9H2,1H3. The molecule has 0 radical (unpaired) electrons. The van der Waals surface area contributed by atoms with Crippen LogP contribution in [0.5, 0.6) is 0 Å². The van der Waals surface area contributed by atoms with Gasteiger partial charge in [0.05, 0.1) is 0 Å². The first-order valence-electron chi connectivity index (χ1n) is 6.03. The van der Waals surface area contributed by atoms with Crippen molar-refractivity contribution in [1.82, 2.24) is 5.32 Å². The van der Waals surface area contributed by atoms with Crippen molar-refractivity contribution in [3.63, 3.8) is 0 Å². The minimum atomic E-state index is 0.283. The van der Waals surface area contributed by atoms with Crippen molar-refractivity contribution in [3.05, 3.63) is 28.8 Å². The molecule has 0 bridgehead atoms. The molecule has 3 nitrogen and oxygen atoms in total.